The Morgan fingerprint density at radius 2 is 2.21 bits per heavy atom. The lowest BCUT2D eigenvalue weighted by molar-refractivity contribution is -0.383. The third kappa shape index (κ3) is 2.09. The number of amides is 1. The van der Waals surface area contributed by atoms with Gasteiger partial charge in [0.1, 0.15) is 5.69 Å². The molecule has 7 heteroatoms. The second-order valence-corrected chi connectivity index (χ2v) is 2.46. The molecule has 1 rings (SSSR count). The van der Waals surface area contributed by atoms with Crippen LogP contribution >= 0.6 is 0 Å². The minimum atomic E-state index is -1.25. The van der Waals surface area contributed by atoms with E-state index in [0.717, 1.165) is 6.07 Å². The molecule has 4 N–H and O–H groups in total. The van der Waals surface area contributed by atoms with E-state index in [9.17, 15) is 14.9 Å². The fraction of sp³-hybridized carbons (Fsp3) is 0. The summed E-state index contributed by atoms with van der Waals surface area (Å²) in [4.78, 5) is 19.9. The van der Waals surface area contributed by atoms with Crippen LogP contribution in [0.4, 0.5) is 21.9 Å². The summed E-state index contributed by atoms with van der Waals surface area (Å²) < 4.78 is 0. The Labute approximate surface area is 78.3 Å². The SMILES string of the molecule is Nc1cc(NC(=O)O)ccc1[N+](=O)[O-]. The van der Waals surface area contributed by atoms with Gasteiger partial charge in [-0.25, -0.2) is 4.79 Å². The van der Waals surface area contributed by atoms with Crippen LogP contribution in [0.3, 0.4) is 0 Å². The average molecular weight is 197 g/mol. The number of anilines is 2. The van der Waals surface area contributed by atoms with Crippen molar-refractivity contribution in [1.29, 1.82) is 0 Å². The van der Waals surface area contributed by atoms with E-state index in [0.29, 0.717) is 0 Å². The van der Waals surface area contributed by atoms with Gasteiger partial charge in [-0.3, -0.25) is 15.4 Å². The number of carbonyl (C=O) groups is 1. The molecule has 0 saturated heterocycles. The highest BCUT2D eigenvalue weighted by atomic mass is 16.6. The van der Waals surface area contributed by atoms with Gasteiger partial charge in [0.15, 0.2) is 0 Å². The van der Waals surface area contributed by atoms with Crippen LogP contribution in [0.15, 0.2) is 18.2 Å². The number of nitro groups is 1. The quantitative estimate of drug-likeness (QED) is 0.374. The molecule has 0 aliphatic carbocycles. The average Bonchev–Trinajstić information content (AvgIpc) is 2.01. The molecule has 0 aliphatic rings. The van der Waals surface area contributed by atoms with Gasteiger partial charge in [-0.1, -0.05) is 0 Å². The zero-order valence-electron chi connectivity index (χ0n) is 6.93. The fourth-order valence-corrected chi connectivity index (χ4v) is 0.922. The van der Waals surface area contributed by atoms with Crippen LogP contribution in [0.2, 0.25) is 0 Å². The molecule has 0 spiro atoms. The summed E-state index contributed by atoms with van der Waals surface area (Å²) in [6, 6.07) is 3.59. The Balaban J connectivity index is 3.00. The van der Waals surface area contributed by atoms with Crippen LogP contribution in [0, 0.1) is 10.1 Å². The van der Waals surface area contributed by atoms with Crippen molar-refractivity contribution in [2.75, 3.05) is 11.1 Å². The number of hydrogen-bond acceptors (Lipinski definition) is 4. The predicted octanol–water partition coefficient (Wildman–Crippen LogP) is 1.27. The summed E-state index contributed by atoms with van der Waals surface area (Å²) in [5.41, 5.74) is 5.19. The van der Waals surface area contributed by atoms with E-state index in [4.69, 9.17) is 10.8 Å². The topological polar surface area (TPSA) is 118 Å². The number of hydrogen-bond donors (Lipinski definition) is 3. The number of rotatable bonds is 2. The Bertz CT molecular complexity index is 391. The van der Waals surface area contributed by atoms with Crippen molar-refractivity contribution in [2.24, 2.45) is 0 Å². The van der Waals surface area contributed by atoms with Crippen molar-refractivity contribution in [2.45, 2.75) is 0 Å². The molecule has 0 aromatic heterocycles. The lowest BCUT2D eigenvalue weighted by atomic mass is 10.2. The van der Waals surface area contributed by atoms with Gasteiger partial charge in [-0.05, 0) is 12.1 Å². The Morgan fingerprint density at radius 1 is 1.57 bits per heavy atom. The fourth-order valence-electron chi connectivity index (χ4n) is 0.922. The molecule has 0 aliphatic heterocycles. The molecule has 0 radical (unpaired) electrons. The van der Waals surface area contributed by atoms with E-state index in [1.165, 1.54) is 12.1 Å². The molecule has 0 unspecified atom stereocenters. The van der Waals surface area contributed by atoms with Crippen LogP contribution in [-0.2, 0) is 0 Å². The minimum Gasteiger partial charge on any atom is -0.465 e. The standard InChI is InChI=1S/C7H7N3O4/c8-5-3-4(9-7(11)12)1-2-6(5)10(13)14/h1-3,9H,8H2,(H,11,12). The summed E-state index contributed by atoms with van der Waals surface area (Å²) >= 11 is 0. The lowest BCUT2D eigenvalue weighted by Gasteiger charge is -2.01. The summed E-state index contributed by atoms with van der Waals surface area (Å²) in [5.74, 6) is 0. The highest BCUT2D eigenvalue weighted by Gasteiger charge is 2.11. The third-order valence-corrected chi connectivity index (χ3v) is 1.48. The zero-order chi connectivity index (χ0) is 10.7. The number of nitro benzene ring substituents is 1. The van der Waals surface area contributed by atoms with E-state index >= 15 is 0 Å². The predicted molar refractivity (Wildman–Crippen MR) is 49.2 cm³/mol. The summed E-state index contributed by atoms with van der Waals surface area (Å²) in [7, 11) is 0. The monoisotopic (exact) mass is 197 g/mol. The van der Waals surface area contributed by atoms with E-state index in [1.807, 2.05) is 5.32 Å². The van der Waals surface area contributed by atoms with Crippen LogP contribution in [0.25, 0.3) is 0 Å². The number of benzene rings is 1. The summed E-state index contributed by atoms with van der Waals surface area (Å²) in [6.45, 7) is 0. The maximum atomic E-state index is 10.3. The normalized spacial score (nSPS) is 9.43. The molecule has 14 heavy (non-hydrogen) atoms. The number of nitrogen functional groups attached to an aromatic ring is 1. The maximum Gasteiger partial charge on any atom is 0.409 e. The van der Waals surface area contributed by atoms with Gasteiger partial charge < -0.3 is 10.8 Å². The highest BCUT2D eigenvalue weighted by molar-refractivity contribution is 5.84. The molecule has 0 saturated carbocycles. The van der Waals surface area contributed by atoms with E-state index in [2.05, 4.69) is 0 Å². The van der Waals surface area contributed by atoms with Crippen molar-refractivity contribution >= 4 is 23.2 Å². The third-order valence-electron chi connectivity index (χ3n) is 1.48. The molecular weight excluding hydrogens is 190 g/mol. The lowest BCUT2D eigenvalue weighted by Crippen LogP contribution is -2.07. The van der Waals surface area contributed by atoms with Crippen molar-refractivity contribution in [1.82, 2.24) is 0 Å². The number of nitrogens with one attached hydrogen (secondary N) is 1. The van der Waals surface area contributed by atoms with Crippen molar-refractivity contribution < 1.29 is 14.8 Å². The number of carboxylic acid groups (broad SMARTS) is 1. The Morgan fingerprint density at radius 3 is 2.64 bits per heavy atom. The Hall–Kier alpha value is -2.31. The van der Waals surface area contributed by atoms with E-state index < -0.39 is 11.0 Å². The molecule has 0 bridgehead atoms. The zero-order valence-corrected chi connectivity index (χ0v) is 6.93. The molecule has 1 aromatic carbocycles. The van der Waals surface area contributed by atoms with E-state index in [-0.39, 0.29) is 17.1 Å². The van der Waals surface area contributed by atoms with Gasteiger partial charge in [-0.15, -0.1) is 0 Å². The molecule has 1 aromatic rings. The summed E-state index contributed by atoms with van der Waals surface area (Å²) in [5, 5.41) is 20.7. The van der Waals surface area contributed by atoms with Crippen molar-refractivity contribution in [3.05, 3.63) is 28.3 Å². The molecular formula is C7H7N3O4. The highest BCUT2D eigenvalue weighted by Crippen LogP contribution is 2.24. The first-order chi connectivity index (χ1) is 6.50. The van der Waals surface area contributed by atoms with E-state index in [1.54, 1.807) is 0 Å². The van der Waals surface area contributed by atoms with Gasteiger partial charge in [0.05, 0.1) is 4.92 Å². The van der Waals surface area contributed by atoms with Crippen molar-refractivity contribution in [3.8, 4) is 0 Å². The van der Waals surface area contributed by atoms with Gasteiger partial charge >= 0.3 is 6.09 Å². The van der Waals surface area contributed by atoms with Crippen LogP contribution < -0.4 is 11.1 Å². The number of nitrogens with two attached hydrogens (primary N) is 1. The largest absolute Gasteiger partial charge is 0.465 e. The second-order valence-electron chi connectivity index (χ2n) is 2.46. The first-order valence-electron chi connectivity index (χ1n) is 3.54. The number of nitrogens with zero attached hydrogens (tertiary/aromatic N) is 1. The smallest absolute Gasteiger partial charge is 0.409 e. The van der Waals surface area contributed by atoms with Crippen LogP contribution in [0.1, 0.15) is 0 Å². The molecule has 0 fully saturated rings. The molecule has 0 atom stereocenters. The molecule has 0 heterocycles. The first kappa shape index (κ1) is 9.78. The van der Waals surface area contributed by atoms with Gasteiger partial charge in [0, 0.05) is 11.8 Å². The minimum absolute atomic E-state index is 0.0822. The van der Waals surface area contributed by atoms with Gasteiger partial charge in [0.25, 0.3) is 5.69 Å². The maximum absolute atomic E-state index is 10.3. The van der Waals surface area contributed by atoms with Crippen molar-refractivity contribution in [3.63, 3.8) is 0 Å². The second kappa shape index (κ2) is 3.60. The van der Waals surface area contributed by atoms with Crippen LogP contribution in [-0.4, -0.2) is 16.1 Å². The molecule has 1 amide bonds. The molecule has 7 nitrogen and oxygen atoms in total. The molecule has 74 valence electrons. The van der Waals surface area contributed by atoms with Crippen LogP contribution in [0.5, 0.6) is 0 Å². The van der Waals surface area contributed by atoms with Gasteiger partial charge in [-0.2, -0.15) is 0 Å². The van der Waals surface area contributed by atoms with Gasteiger partial charge in [0.2, 0.25) is 0 Å². The summed E-state index contributed by atoms with van der Waals surface area (Å²) in [6.07, 6.45) is -1.25. The Kier molecular flexibility index (Phi) is 2.52. The first-order valence-corrected chi connectivity index (χ1v) is 3.54.